The Morgan fingerprint density at radius 2 is 2.12 bits per heavy atom. The third-order valence-corrected chi connectivity index (χ3v) is 2.94. The summed E-state index contributed by atoms with van der Waals surface area (Å²) < 4.78 is 3.53. The minimum absolute atomic E-state index is 0.671. The minimum Gasteiger partial charge on any atom is -0.380 e. The Kier molecular flexibility index (Phi) is 3.28. The highest BCUT2D eigenvalue weighted by Gasteiger charge is 2.19. The summed E-state index contributed by atoms with van der Waals surface area (Å²) in [5.41, 5.74) is 2.60. The fourth-order valence-corrected chi connectivity index (χ4v) is 1.96. The molecular formula is C12H18N4O. The fraction of sp³-hybridized carbons (Fsp3) is 0.500. The molecule has 0 spiro atoms. The molecule has 0 bridgehead atoms. The fourth-order valence-electron chi connectivity index (χ4n) is 1.96. The van der Waals surface area contributed by atoms with Gasteiger partial charge in [0.05, 0.1) is 17.1 Å². The first-order chi connectivity index (χ1) is 8.17. The zero-order chi connectivity index (χ0) is 12.4. The molecule has 0 aliphatic heterocycles. The van der Waals surface area contributed by atoms with Gasteiger partial charge in [0.15, 0.2) is 0 Å². The van der Waals surface area contributed by atoms with E-state index >= 15 is 0 Å². The van der Waals surface area contributed by atoms with E-state index in [2.05, 4.69) is 17.1 Å². The summed E-state index contributed by atoms with van der Waals surface area (Å²) in [6.45, 7) is 4.80. The zero-order valence-electron chi connectivity index (χ0n) is 10.5. The maximum absolute atomic E-state index is 10.4. The van der Waals surface area contributed by atoms with Gasteiger partial charge in [0.25, 0.3) is 0 Å². The number of rotatable bonds is 4. The van der Waals surface area contributed by atoms with Crippen LogP contribution >= 0.6 is 0 Å². The number of aliphatic hydroxyl groups is 1. The van der Waals surface area contributed by atoms with Gasteiger partial charge in [-0.05, 0) is 25.5 Å². The van der Waals surface area contributed by atoms with E-state index in [-0.39, 0.29) is 0 Å². The topological polar surface area (TPSA) is 55.9 Å². The molecular weight excluding hydrogens is 216 g/mol. The van der Waals surface area contributed by atoms with Crippen molar-refractivity contribution in [3.05, 3.63) is 35.4 Å². The molecule has 1 N–H and O–H groups in total. The van der Waals surface area contributed by atoms with E-state index in [0.717, 1.165) is 30.0 Å². The lowest BCUT2D eigenvalue weighted by molar-refractivity contribution is 0.198. The summed E-state index contributed by atoms with van der Waals surface area (Å²) >= 11 is 0. The molecule has 0 aliphatic rings. The van der Waals surface area contributed by atoms with E-state index in [4.69, 9.17) is 0 Å². The van der Waals surface area contributed by atoms with Crippen molar-refractivity contribution in [3.63, 3.8) is 0 Å². The Hall–Kier alpha value is -1.62. The van der Waals surface area contributed by atoms with Crippen LogP contribution < -0.4 is 0 Å². The Morgan fingerprint density at radius 3 is 2.71 bits per heavy atom. The van der Waals surface area contributed by atoms with Crippen LogP contribution in [0.25, 0.3) is 0 Å². The Bertz CT molecular complexity index is 500. The molecule has 0 radical (unpaired) electrons. The van der Waals surface area contributed by atoms with E-state index < -0.39 is 6.10 Å². The van der Waals surface area contributed by atoms with Gasteiger partial charge in [-0.15, -0.1) is 0 Å². The normalized spacial score (nSPS) is 12.9. The second-order valence-corrected chi connectivity index (χ2v) is 4.01. The van der Waals surface area contributed by atoms with Gasteiger partial charge in [0.1, 0.15) is 6.10 Å². The summed E-state index contributed by atoms with van der Waals surface area (Å²) in [6.07, 6.45) is 1.91. The van der Waals surface area contributed by atoms with Gasteiger partial charge in [-0.3, -0.25) is 9.36 Å². The summed E-state index contributed by atoms with van der Waals surface area (Å²) in [5.74, 6) is 0. The molecule has 5 nitrogen and oxygen atoms in total. The van der Waals surface area contributed by atoms with Crippen LogP contribution in [0.2, 0.25) is 0 Å². The molecule has 2 rings (SSSR count). The van der Waals surface area contributed by atoms with Gasteiger partial charge in [-0.25, -0.2) is 0 Å². The molecule has 0 aromatic carbocycles. The lowest BCUT2D eigenvalue weighted by Crippen LogP contribution is -2.12. The lowest BCUT2D eigenvalue weighted by atomic mass is 10.1. The van der Waals surface area contributed by atoms with Crippen molar-refractivity contribution in [2.75, 3.05) is 0 Å². The number of aromatic nitrogens is 4. The molecule has 1 atom stereocenters. The van der Waals surface area contributed by atoms with E-state index in [1.54, 1.807) is 15.6 Å². The Morgan fingerprint density at radius 1 is 1.35 bits per heavy atom. The molecule has 5 heteroatoms. The van der Waals surface area contributed by atoms with E-state index in [9.17, 15) is 5.11 Å². The van der Waals surface area contributed by atoms with E-state index in [0.29, 0.717) is 0 Å². The molecule has 0 fully saturated rings. The molecule has 17 heavy (non-hydrogen) atoms. The van der Waals surface area contributed by atoms with Crippen LogP contribution in [0.4, 0.5) is 0 Å². The third kappa shape index (κ3) is 2.10. The van der Waals surface area contributed by atoms with Crippen LogP contribution in [0.5, 0.6) is 0 Å². The molecule has 2 heterocycles. The van der Waals surface area contributed by atoms with Gasteiger partial charge in [0.2, 0.25) is 0 Å². The quantitative estimate of drug-likeness (QED) is 0.867. The molecule has 2 aromatic heterocycles. The lowest BCUT2D eigenvalue weighted by Gasteiger charge is -2.12. The maximum Gasteiger partial charge on any atom is 0.137 e. The van der Waals surface area contributed by atoms with Gasteiger partial charge in [-0.1, -0.05) is 6.92 Å². The molecule has 0 saturated heterocycles. The summed E-state index contributed by atoms with van der Waals surface area (Å²) in [6, 6.07) is 3.78. The molecule has 0 saturated carbocycles. The first-order valence-electron chi connectivity index (χ1n) is 5.90. The molecule has 0 amide bonds. The summed E-state index contributed by atoms with van der Waals surface area (Å²) in [4.78, 5) is 0. The number of aryl methyl sites for hydroxylation is 3. The predicted molar refractivity (Wildman–Crippen MR) is 64.5 cm³/mol. The average Bonchev–Trinajstić information content (AvgIpc) is 2.93. The van der Waals surface area contributed by atoms with Crippen LogP contribution in [0, 0.1) is 0 Å². The number of hydrogen-bond donors (Lipinski definition) is 1. The smallest absolute Gasteiger partial charge is 0.137 e. The second-order valence-electron chi connectivity index (χ2n) is 4.01. The second kappa shape index (κ2) is 4.71. The minimum atomic E-state index is -0.671. The maximum atomic E-state index is 10.4. The van der Waals surface area contributed by atoms with Crippen LogP contribution in [0.3, 0.4) is 0 Å². The van der Waals surface area contributed by atoms with Crippen LogP contribution in [-0.4, -0.2) is 24.7 Å². The monoisotopic (exact) mass is 234 g/mol. The van der Waals surface area contributed by atoms with Crippen LogP contribution in [0.1, 0.15) is 37.0 Å². The highest BCUT2D eigenvalue weighted by molar-refractivity contribution is 5.21. The SMILES string of the molecule is CCc1cc(C(O)c2ccnn2CC)n(C)n1. The zero-order valence-corrected chi connectivity index (χ0v) is 10.5. The van der Waals surface area contributed by atoms with E-state index in [1.165, 1.54) is 0 Å². The van der Waals surface area contributed by atoms with Gasteiger partial charge >= 0.3 is 0 Å². The highest BCUT2D eigenvalue weighted by atomic mass is 16.3. The number of nitrogens with zero attached hydrogens (tertiary/aromatic N) is 4. The first kappa shape index (κ1) is 11.9. The van der Waals surface area contributed by atoms with Crippen molar-refractivity contribution < 1.29 is 5.11 Å². The standard InChI is InChI=1S/C12H18N4O/c1-4-9-8-11(15(3)14-9)12(17)10-6-7-13-16(10)5-2/h6-8,12,17H,4-5H2,1-3H3. The molecule has 92 valence electrons. The van der Waals surface area contributed by atoms with Gasteiger partial charge in [0, 0.05) is 19.8 Å². The Balaban J connectivity index is 2.36. The third-order valence-electron chi connectivity index (χ3n) is 2.94. The van der Waals surface area contributed by atoms with Crippen LogP contribution in [0.15, 0.2) is 18.3 Å². The van der Waals surface area contributed by atoms with E-state index in [1.807, 2.05) is 26.1 Å². The highest BCUT2D eigenvalue weighted by Crippen LogP contribution is 2.22. The molecule has 2 aromatic rings. The predicted octanol–water partition coefficient (Wildman–Crippen LogP) is 1.28. The van der Waals surface area contributed by atoms with Crippen molar-refractivity contribution in [1.82, 2.24) is 19.6 Å². The summed E-state index contributed by atoms with van der Waals surface area (Å²) in [7, 11) is 1.85. The largest absolute Gasteiger partial charge is 0.380 e. The van der Waals surface area contributed by atoms with Crippen molar-refractivity contribution in [2.24, 2.45) is 7.05 Å². The van der Waals surface area contributed by atoms with Crippen molar-refractivity contribution in [1.29, 1.82) is 0 Å². The van der Waals surface area contributed by atoms with Gasteiger partial charge < -0.3 is 5.11 Å². The van der Waals surface area contributed by atoms with Crippen molar-refractivity contribution >= 4 is 0 Å². The molecule has 0 aliphatic carbocycles. The van der Waals surface area contributed by atoms with Gasteiger partial charge in [-0.2, -0.15) is 10.2 Å². The van der Waals surface area contributed by atoms with Crippen LogP contribution in [-0.2, 0) is 20.0 Å². The number of hydrogen-bond acceptors (Lipinski definition) is 3. The average molecular weight is 234 g/mol. The summed E-state index contributed by atoms with van der Waals surface area (Å²) in [5, 5.41) is 18.9. The molecule has 1 unspecified atom stereocenters. The Labute approximate surface area is 101 Å². The van der Waals surface area contributed by atoms with Crippen molar-refractivity contribution in [3.8, 4) is 0 Å². The van der Waals surface area contributed by atoms with Crippen molar-refractivity contribution in [2.45, 2.75) is 32.9 Å². The number of aliphatic hydroxyl groups excluding tert-OH is 1. The first-order valence-corrected chi connectivity index (χ1v) is 5.90.